The molecule has 0 aliphatic carbocycles. The van der Waals surface area contributed by atoms with Crippen LogP contribution in [-0.2, 0) is 11.4 Å². The van der Waals surface area contributed by atoms with E-state index in [1.807, 2.05) is 0 Å². The maximum Gasteiger partial charge on any atom is 0.335 e. The standard InChI is InChI=1S/C25H24N2O7/c1-31-20-10-12-21(13-11-20)33-16-23(28)27-26-14-19-4-3-5-22(32-2)24(19)34-15-17-6-8-18(9-7-17)25(29)30/h3-14H,15-16H2,1-2H3,(H,27,28)(H,29,30)/b26-14+. The fourth-order valence-electron chi connectivity index (χ4n) is 2.88. The van der Waals surface area contributed by atoms with Crippen molar-refractivity contribution in [3.05, 3.63) is 83.4 Å². The van der Waals surface area contributed by atoms with Gasteiger partial charge in [0.2, 0.25) is 0 Å². The lowest BCUT2D eigenvalue weighted by Crippen LogP contribution is -2.24. The number of amides is 1. The number of carbonyl (C=O) groups excluding carboxylic acids is 1. The number of rotatable bonds is 11. The Morgan fingerprint density at radius 3 is 2.26 bits per heavy atom. The summed E-state index contributed by atoms with van der Waals surface area (Å²) in [5.74, 6) is 0.706. The maximum atomic E-state index is 12.1. The summed E-state index contributed by atoms with van der Waals surface area (Å²) in [5.41, 5.74) is 3.96. The predicted molar refractivity (Wildman–Crippen MR) is 125 cm³/mol. The number of hydrazone groups is 1. The molecular formula is C25H24N2O7. The SMILES string of the molecule is COc1ccc(OCC(=O)N/N=C/c2cccc(OC)c2OCc2ccc(C(=O)O)cc2)cc1. The van der Waals surface area contributed by atoms with Gasteiger partial charge in [-0.05, 0) is 54.1 Å². The van der Waals surface area contributed by atoms with Gasteiger partial charge in [0.1, 0.15) is 18.1 Å². The largest absolute Gasteiger partial charge is 0.497 e. The fraction of sp³-hybridized carbons (Fsp3) is 0.160. The molecule has 0 unspecified atom stereocenters. The molecule has 9 nitrogen and oxygen atoms in total. The molecule has 0 bridgehead atoms. The highest BCUT2D eigenvalue weighted by molar-refractivity contribution is 5.88. The van der Waals surface area contributed by atoms with Gasteiger partial charge < -0.3 is 24.1 Å². The first-order valence-electron chi connectivity index (χ1n) is 10.2. The zero-order valence-electron chi connectivity index (χ0n) is 18.7. The van der Waals surface area contributed by atoms with Crippen LogP contribution in [0, 0.1) is 0 Å². The molecule has 3 aromatic rings. The van der Waals surface area contributed by atoms with Gasteiger partial charge in [-0.2, -0.15) is 5.10 Å². The molecule has 176 valence electrons. The highest BCUT2D eigenvalue weighted by Gasteiger charge is 2.11. The van der Waals surface area contributed by atoms with Gasteiger partial charge in [0.25, 0.3) is 5.91 Å². The van der Waals surface area contributed by atoms with Crippen LogP contribution in [0.5, 0.6) is 23.0 Å². The number of aromatic carboxylic acids is 1. The summed E-state index contributed by atoms with van der Waals surface area (Å²) < 4.78 is 21.8. The minimum absolute atomic E-state index is 0.184. The van der Waals surface area contributed by atoms with Gasteiger partial charge in [-0.1, -0.05) is 18.2 Å². The van der Waals surface area contributed by atoms with Gasteiger partial charge >= 0.3 is 5.97 Å². The Bertz CT molecular complexity index is 1140. The van der Waals surface area contributed by atoms with Crippen molar-refractivity contribution in [1.82, 2.24) is 5.43 Å². The molecular weight excluding hydrogens is 440 g/mol. The average Bonchev–Trinajstić information content (AvgIpc) is 2.87. The number of carboxylic acids is 1. The summed E-state index contributed by atoms with van der Waals surface area (Å²) in [6, 6.07) is 18.5. The summed E-state index contributed by atoms with van der Waals surface area (Å²) >= 11 is 0. The van der Waals surface area contributed by atoms with Crippen molar-refractivity contribution in [1.29, 1.82) is 0 Å². The van der Waals surface area contributed by atoms with Gasteiger partial charge in [0.15, 0.2) is 18.1 Å². The van der Waals surface area contributed by atoms with E-state index in [1.165, 1.54) is 25.5 Å². The molecule has 0 radical (unpaired) electrons. The lowest BCUT2D eigenvalue weighted by atomic mass is 10.1. The van der Waals surface area contributed by atoms with Gasteiger partial charge in [0.05, 0.1) is 26.0 Å². The molecule has 0 saturated heterocycles. The third-order valence-electron chi connectivity index (χ3n) is 4.64. The molecule has 3 rings (SSSR count). The Labute approximate surface area is 196 Å². The summed E-state index contributed by atoms with van der Waals surface area (Å²) in [6.45, 7) is -0.0271. The number of hydrogen-bond acceptors (Lipinski definition) is 7. The number of hydrogen-bond donors (Lipinski definition) is 2. The second-order valence-electron chi connectivity index (χ2n) is 6.93. The Morgan fingerprint density at radius 1 is 0.912 bits per heavy atom. The number of nitrogens with zero attached hydrogens (tertiary/aromatic N) is 1. The van der Waals surface area contributed by atoms with Crippen molar-refractivity contribution in [2.24, 2.45) is 5.10 Å². The van der Waals surface area contributed by atoms with Crippen LogP contribution in [0.4, 0.5) is 0 Å². The highest BCUT2D eigenvalue weighted by Crippen LogP contribution is 2.31. The van der Waals surface area contributed by atoms with Crippen LogP contribution in [-0.4, -0.2) is 44.0 Å². The third kappa shape index (κ3) is 6.73. The number of carboxylic acid groups (broad SMARTS) is 1. The van der Waals surface area contributed by atoms with Crippen LogP contribution in [0.15, 0.2) is 71.8 Å². The molecule has 2 N–H and O–H groups in total. The van der Waals surface area contributed by atoms with Gasteiger partial charge in [-0.15, -0.1) is 0 Å². The first-order valence-corrected chi connectivity index (χ1v) is 10.2. The summed E-state index contributed by atoms with van der Waals surface area (Å²) in [4.78, 5) is 23.1. The van der Waals surface area contributed by atoms with Crippen molar-refractivity contribution in [2.45, 2.75) is 6.61 Å². The van der Waals surface area contributed by atoms with Crippen LogP contribution in [0.1, 0.15) is 21.5 Å². The average molecular weight is 464 g/mol. The number of nitrogens with one attached hydrogen (secondary N) is 1. The topological polar surface area (TPSA) is 116 Å². The second-order valence-corrected chi connectivity index (χ2v) is 6.93. The first-order chi connectivity index (χ1) is 16.5. The maximum absolute atomic E-state index is 12.1. The molecule has 1 amide bonds. The lowest BCUT2D eigenvalue weighted by molar-refractivity contribution is -0.123. The van der Waals surface area contributed by atoms with Crippen molar-refractivity contribution in [3.8, 4) is 23.0 Å². The van der Waals surface area contributed by atoms with Crippen molar-refractivity contribution < 1.29 is 33.6 Å². The summed E-state index contributed by atoms with van der Waals surface area (Å²) in [5, 5.41) is 13.0. The van der Waals surface area contributed by atoms with E-state index in [-0.39, 0.29) is 18.8 Å². The summed E-state index contributed by atoms with van der Waals surface area (Å²) in [6.07, 6.45) is 1.44. The minimum atomic E-state index is -0.993. The van der Waals surface area contributed by atoms with Crippen LogP contribution < -0.4 is 24.4 Å². The number of benzene rings is 3. The van der Waals surface area contributed by atoms with E-state index >= 15 is 0 Å². The number of methoxy groups -OCH3 is 2. The molecule has 0 aromatic heterocycles. The highest BCUT2D eigenvalue weighted by atomic mass is 16.5. The van der Waals surface area contributed by atoms with Crippen LogP contribution in [0.2, 0.25) is 0 Å². The number of carbonyl (C=O) groups is 2. The first kappa shape index (κ1) is 24.1. The van der Waals surface area contributed by atoms with Gasteiger partial charge in [-0.25, -0.2) is 10.2 Å². The molecule has 34 heavy (non-hydrogen) atoms. The Kier molecular flexibility index (Phi) is 8.45. The van der Waals surface area contributed by atoms with Crippen LogP contribution >= 0.6 is 0 Å². The smallest absolute Gasteiger partial charge is 0.335 e. The molecule has 0 aliphatic heterocycles. The molecule has 3 aromatic carbocycles. The van der Waals surface area contributed by atoms with E-state index in [0.29, 0.717) is 28.6 Å². The molecule has 0 saturated carbocycles. The van der Waals surface area contributed by atoms with E-state index in [4.69, 9.17) is 24.1 Å². The van der Waals surface area contributed by atoms with Crippen LogP contribution in [0.25, 0.3) is 0 Å². The number of ether oxygens (including phenoxy) is 4. The summed E-state index contributed by atoms with van der Waals surface area (Å²) in [7, 11) is 3.08. The molecule has 0 atom stereocenters. The van der Waals surface area contributed by atoms with Crippen molar-refractivity contribution in [3.63, 3.8) is 0 Å². The monoisotopic (exact) mass is 464 g/mol. The normalized spacial score (nSPS) is 10.5. The van der Waals surface area contributed by atoms with E-state index in [9.17, 15) is 9.59 Å². The molecule has 0 heterocycles. The zero-order valence-corrected chi connectivity index (χ0v) is 18.7. The van der Waals surface area contributed by atoms with E-state index in [0.717, 1.165) is 5.56 Å². The quantitative estimate of drug-likeness (QED) is 0.330. The lowest BCUT2D eigenvalue weighted by Gasteiger charge is -2.13. The molecule has 0 fully saturated rings. The van der Waals surface area contributed by atoms with Gasteiger partial charge in [0, 0.05) is 5.56 Å². The zero-order chi connectivity index (χ0) is 24.3. The van der Waals surface area contributed by atoms with E-state index in [1.54, 1.807) is 61.7 Å². The molecule has 0 aliphatic rings. The molecule has 0 spiro atoms. The van der Waals surface area contributed by atoms with Crippen LogP contribution in [0.3, 0.4) is 0 Å². The van der Waals surface area contributed by atoms with Gasteiger partial charge in [-0.3, -0.25) is 4.79 Å². The Morgan fingerprint density at radius 2 is 1.62 bits per heavy atom. The second kappa shape index (κ2) is 11.9. The fourth-order valence-corrected chi connectivity index (χ4v) is 2.88. The Hall–Kier alpha value is -4.53. The van der Waals surface area contributed by atoms with E-state index < -0.39 is 11.9 Å². The predicted octanol–water partition coefficient (Wildman–Crippen LogP) is 3.51. The molecule has 9 heteroatoms. The number of para-hydroxylation sites is 1. The minimum Gasteiger partial charge on any atom is -0.497 e. The van der Waals surface area contributed by atoms with E-state index in [2.05, 4.69) is 10.5 Å². The third-order valence-corrected chi connectivity index (χ3v) is 4.64. The Balaban J connectivity index is 1.59. The van der Waals surface area contributed by atoms with Crippen molar-refractivity contribution >= 4 is 18.1 Å². The van der Waals surface area contributed by atoms with Crippen molar-refractivity contribution in [2.75, 3.05) is 20.8 Å².